The number of carbonyl (C=O) groups is 1. The number of Topliss-reactive ketones (excluding diaryl/α,β-unsaturated/α-hetero) is 1. The van der Waals surface area contributed by atoms with Gasteiger partial charge in [0.25, 0.3) is 0 Å². The van der Waals surface area contributed by atoms with Gasteiger partial charge in [-0.15, -0.1) is 0 Å². The molecule has 0 atom stereocenters. The second kappa shape index (κ2) is 7.76. The van der Waals surface area contributed by atoms with Crippen LogP contribution < -0.4 is 5.32 Å². The molecule has 0 aromatic rings. The molecule has 0 radical (unpaired) electrons. The summed E-state index contributed by atoms with van der Waals surface area (Å²) >= 11 is 0. The molecule has 0 aromatic carbocycles. The first-order valence-corrected chi connectivity index (χ1v) is 6.23. The number of ketones is 1. The lowest BCUT2D eigenvalue weighted by Crippen LogP contribution is -2.46. The first-order chi connectivity index (χ1) is 7.77. The first-order valence-electron chi connectivity index (χ1n) is 6.23. The third-order valence-electron chi connectivity index (χ3n) is 3.02. The maximum atomic E-state index is 11.6. The van der Waals surface area contributed by atoms with Crippen molar-refractivity contribution in [1.82, 2.24) is 10.2 Å². The molecule has 0 spiro atoms. The van der Waals surface area contributed by atoms with Crippen LogP contribution in [0.2, 0.25) is 0 Å². The summed E-state index contributed by atoms with van der Waals surface area (Å²) in [4.78, 5) is 13.9. The molecule has 1 saturated heterocycles. The number of hydrogen-bond acceptors (Lipinski definition) is 4. The quantitative estimate of drug-likeness (QED) is 0.695. The van der Waals surface area contributed by atoms with Crippen LogP contribution in [0.5, 0.6) is 0 Å². The van der Waals surface area contributed by atoms with E-state index in [0.717, 1.165) is 38.9 Å². The highest BCUT2D eigenvalue weighted by molar-refractivity contribution is 5.81. The Labute approximate surface area is 98.3 Å². The highest BCUT2D eigenvalue weighted by Gasteiger charge is 2.21. The standard InChI is InChI=1S/C12H24N2O2/c1-3-8-14(9-12(15)10-16-2)11-4-6-13-7-5-11/h11,13H,3-10H2,1-2H3. The van der Waals surface area contributed by atoms with Crippen LogP contribution in [0.4, 0.5) is 0 Å². The van der Waals surface area contributed by atoms with E-state index in [1.165, 1.54) is 0 Å². The summed E-state index contributed by atoms with van der Waals surface area (Å²) < 4.78 is 4.88. The van der Waals surface area contributed by atoms with E-state index in [1.54, 1.807) is 7.11 Å². The third-order valence-corrected chi connectivity index (χ3v) is 3.02. The van der Waals surface area contributed by atoms with Gasteiger partial charge in [0.15, 0.2) is 5.78 Å². The van der Waals surface area contributed by atoms with Crippen LogP contribution in [-0.2, 0) is 9.53 Å². The Morgan fingerprint density at radius 3 is 2.69 bits per heavy atom. The number of carbonyl (C=O) groups excluding carboxylic acids is 1. The van der Waals surface area contributed by atoms with E-state index in [2.05, 4.69) is 17.1 Å². The van der Waals surface area contributed by atoms with Gasteiger partial charge in [-0.3, -0.25) is 9.69 Å². The van der Waals surface area contributed by atoms with Gasteiger partial charge in [-0.2, -0.15) is 0 Å². The zero-order valence-electron chi connectivity index (χ0n) is 10.5. The number of ether oxygens (including phenoxy) is 1. The molecule has 1 heterocycles. The number of rotatable bonds is 7. The van der Waals surface area contributed by atoms with Crippen molar-refractivity contribution in [3.05, 3.63) is 0 Å². The molecular formula is C12H24N2O2. The molecule has 1 N–H and O–H groups in total. The van der Waals surface area contributed by atoms with Crippen LogP contribution in [0.3, 0.4) is 0 Å². The van der Waals surface area contributed by atoms with Gasteiger partial charge in [0, 0.05) is 13.2 Å². The molecule has 0 bridgehead atoms. The maximum absolute atomic E-state index is 11.6. The minimum atomic E-state index is 0.189. The van der Waals surface area contributed by atoms with Crippen LogP contribution in [0.1, 0.15) is 26.2 Å². The number of nitrogens with zero attached hydrogens (tertiary/aromatic N) is 1. The molecule has 4 nitrogen and oxygen atoms in total. The second-order valence-corrected chi connectivity index (χ2v) is 4.42. The molecule has 4 heteroatoms. The number of hydrogen-bond donors (Lipinski definition) is 1. The molecule has 1 rings (SSSR count). The van der Waals surface area contributed by atoms with Crippen molar-refractivity contribution in [2.24, 2.45) is 0 Å². The predicted octanol–water partition coefficient (Wildman–Crippen LogP) is 0.666. The van der Waals surface area contributed by atoms with Gasteiger partial charge >= 0.3 is 0 Å². The Kier molecular flexibility index (Phi) is 6.61. The van der Waals surface area contributed by atoms with Crippen molar-refractivity contribution in [2.75, 3.05) is 39.9 Å². The summed E-state index contributed by atoms with van der Waals surface area (Å²) in [6.07, 6.45) is 3.41. The van der Waals surface area contributed by atoms with E-state index in [4.69, 9.17) is 4.74 Å². The fourth-order valence-corrected chi connectivity index (χ4v) is 2.28. The Morgan fingerprint density at radius 2 is 2.12 bits per heavy atom. The summed E-state index contributed by atoms with van der Waals surface area (Å²) in [6, 6.07) is 0.571. The first kappa shape index (κ1) is 13.6. The van der Waals surface area contributed by atoms with E-state index in [9.17, 15) is 4.79 Å². The summed E-state index contributed by atoms with van der Waals surface area (Å²) in [5.74, 6) is 0.189. The number of nitrogens with one attached hydrogen (secondary N) is 1. The van der Waals surface area contributed by atoms with E-state index >= 15 is 0 Å². The normalized spacial score (nSPS) is 17.9. The summed E-state index contributed by atoms with van der Waals surface area (Å²) in [5.41, 5.74) is 0. The van der Waals surface area contributed by atoms with Crippen LogP contribution in [0, 0.1) is 0 Å². The monoisotopic (exact) mass is 228 g/mol. The van der Waals surface area contributed by atoms with Crippen molar-refractivity contribution >= 4 is 5.78 Å². The van der Waals surface area contributed by atoms with Crippen LogP contribution in [0.25, 0.3) is 0 Å². The third kappa shape index (κ3) is 4.60. The van der Waals surface area contributed by atoms with E-state index in [-0.39, 0.29) is 12.4 Å². The summed E-state index contributed by atoms with van der Waals surface area (Å²) in [6.45, 7) is 6.11. The Morgan fingerprint density at radius 1 is 1.44 bits per heavy atom. The zero-order chi connectivity index (χ0) is 11.8. The molecule has 1 aliphatic rings. The fourth-order valence-electron chi connectivity index (χ4n) is 2.28. The summed E-state index contributed by atoms with van der Waals surface area (Å²) in [5, 5.41) is 3.35. The second-order valence-electron chi connectivity index (χ2n) is 4.42. The lowest BCUT2D eigenvalue weighted by atomic mass is 10.0. The topological polar surface area (TPSA) is 41.6 Å². The number of piperidine rings is 1. The summed E-state index contributed by atoms with van der Waals surface area (Å²) in [7, 11) is 1.58. The Hall–Kier alpha value is -0.450. The molecule has 0 amide bonds. The van der Waals surface area contributed by atoms with E-state index < -0.39 is 0 Å². The van der Waals surface area contributed by atoms with Crippen molar-refractivity contribution in [2.45, 2.75) is 32.2 Å². The molecular weight excluding hydrogens is 204 g/mol. The minimum Gasteiger partial charge on any atom is -0.377 e. The molecule has 16 heavy (non-hydrogen) atoms. The smallest absolute Gasteiger partial charge is 0.172 e. The highest BCUT2D eigenvalue weighted by Crippen LogP contribution is 2.12. The Balaban J connectivity index is 2.41. The molecule has 0 unspecified atom stereocenters. The largest absolute Gasteiger partial charge is 0.377 e. The van der Waals surface area contributed by atoms with Crippen LogP contribution in [-0.4, -0.2) is 56.6 Å². The van der Waals surface area contributed by atoms with Crippen LogP contribution >= 0.6 is 0 Å². The fraction of sp³-hybridized carbons (Fsp3) is 0.917. The van der Waals surface area contributed by atoms with Crippen LogP contribution in [0.15, 0.2) is 0 Å². The predicted molar refractivity (Wildman–Crippen MR) is 64.6 cm³/mol. The highest BCUT2D eigenvalue weighted by atomic mass is 16.5. The van der Waals surface area contributed by atoms with E-state index in [0.29, 0.717) is 12.6 Å². The molecule has 0 aliphatic carbocycles. The maximum Gasteiger partial charge on any atom is 0.172 e. The van der Waals surface area contributed by atoms with Gasteiger partial charge in [0.2, 0.25) is 0 Å². The van der Waals surface area contributed by atoms with Crippen molar-refractivity contribution in [1.29, 1.82) is 0 Å². The average Bonchev–Trinajstić information content (AvgIpc) is 2.30. The van der Waals surface area contributed by atoms with Gasteiger partial charge < -0.3 is 10.1 Å². The van der Waals surface area contributed by atoms with E-state index in [1.807, 2.05) is 0 Å². The average molecular weight is 228 g/mol. The lowest BCUT2D eigenvalue weighted by Gasteiger charge is -2.33. The molecule has 0 aromatic heterocycles. The lowest BCUT2D eigenvalue weighted by molar-refractivity contribution is -0.124. The molecule has 94 valence electrons. The van der Waals surface area contributed by atoms with Gasteiger partial charge in [-0.1, -0.05) is 6.92 Å². The van der Waals surface area contributed by atoms with Gasteiger partial charge in [-0.05, 0) is 38.9 Å². The Bertz CT molecular complexity index is 203. The number of methoxy groups -OCH3 is 1. The van der Waals surface area contributed by atoms with Crippen molar-refractivity contribution in [3.8, 4) is 0 Å². The van der Waals surface area contributed by atoms with Gasteiger partial charge in [-0.25, -0.2) is 0 Å². The minimum absolute atomic E-state index is 0.189. The van der Waals surface area contributed by atoms with Crippen molar-refractivity contribution in [3.63, 3.8) is 0 Å². The molecule has 1 aliphatic heterocycles. The zero-order valence-corrected chi connectivity index (χ0v) is 10.5. The molecule has 1 fully saturated rings. The van der Waals surface area contributed by atoms with Gasteiger partial charge in [0.05, 0.1) is 6.54 Å². The molecule has 0 saturated carbocycles. The van der Waals surface area contributed by atoms with Gasteiger partial charge in [0.1, 0.15) is 6.61 Å². The SMILES string of the molecule is CCCN(CC(=O)COC)C1CCNCC1. The van der Waals surface area contributed by atoms with Crippen molar-refractivity contribution < 1.29 is 9.53 Å².